The summed E-state index contributed by atoms with van der Waals surface area (Å²) in [6.07, 6.45) is 0. The van der Waals surface area contributed by atoms with Crippen molar-refractivity contribution in [2.24, 2.45) is 0 Å². The van der Waals surface area contributed by atoms with E-state index in [1.807, 2.05) is 0 Å². The van der Waals surface area contributed by atoms with Gasteiger partial charge in [0.1, 0.15) is 0 Å². The first kappa shape index (κ1) is 28.0. The highest BCUT2D eigenvalue weighted by molar-refractivity contribution is 6.12. The molecule has 0 unspecified atom stereocenters. The summed E-state index contributed by atoms with van der Waals surface area (Å²) in [5, 5.41) is 7.58. The molecule has 0 N–H and O–H groups in total. The Balaban J connectivity index is 1.36. The van der Waals surface area contributed by atoms with Crippen LogP contribution < -0.4 is 0 Å². The molecule has 10 rings (SSSR count). The molecule has 0 aliphatic carbocycles. The number of hydrogen-bond acceptors (Lipinski definition) is 0. The topological polar surface area (TPSA) is 14.8 Å². The van der Waals surface area contributed by atoms with Crippen molar-refractivity contribution in [2.75, 3.05) is 0 Å². The summed E-state index contributed by atoms with van der Waals surface area (Å²) in [6.45, 7) is 6.88. The standard InChI is InChI=1S/C46H35N3/c1-46(2,3)30-24-25-45-39(26-30)38-18-8-13-23-44(38)49(45)33-28-31(47-40-19-9-4-14-34(40)35-15-5-10-20-41(35)47)27-32(29-33)48-42-21-11-6-16-36(42)37-17-7-12-22-43(37)48/h4-29H,1-3H3. The van der Waals surface area contributed by atoms with E-state index in [-0.39, 0.29) is 5.41 Å². The van der Waals surface area contributed by atoms with Gasteiger partial charge in [0.25, 0.3) is 0 Å². The molecule has 7 aromatic carbocycles. The van der Waals surface area contributed by atoms with Gasteiger partial charge in [0.2, 0.25) is 0 Å². The second-order valence-electron chi connectivity index (χ2n) is 14.3. The maximum Gasteiger partial charge on any atom is 0.0541 e. The average molecular weight is 630 g/mol. The van der Waals surface area contributed by atoms with Crippen molar-refractivity contribution in [1.82, 2.24) is 13.7 Å². The fourth-order valence-electron chi connectivity index (χ4n) is 8.09. The van der Waals surface area contributed by atoms with Crippen molar-refractivity contribution in [3.8, 4) is 17.1 Å². The largest absolute Gasteiger partial charge is 0.309 e. The molecule has 10 aromatic rings. The minimum Gasteiger partial charge on any atom is -0.309 e. The molecular formula is C46H35N3. The Bertz CT molecular complexity index is 2680. The first-order chi connectivity index (χ1) is 24.0. The first-order valence-electron chi connectivity index (χ1n) is 17.1. The molecule has 0 aliphatic rings. The molecule has 0 saturated heterocycles. The summed E-state index contributed by atoms with van der Waals surface area (Å²) in [7, 11) is 0. The highest BCUT2D eigenvalue weighted by Crippen LogP contribution is 2.39. The molecule has 234 valence electrons. The van der Waals surface area contributed by atoms with Gasteiger partial charge in [-0.2, -0.15) is 0 Å². The van der Waals surface area contributed by atoms with E-state index in [2.05, 4.69) is 192 Å². The quantitative estimate of drug-likeness (QED) is 0.185. The molecule has 0 aliphatic heterocycles. The fraction of sp³-hybridized carbons (Fsp3) is 0.0870. The third kappa shape index (κ3) is 4.09. The molecule has 0 saturated carbocycles. The van der Waals surface area contributed by atoms with E-state index in [4.69, 9.17) is 0 Å². The van der Waals surface area contributed by atoms with Crippen molar-refractivity contribution < 1.29 is 0 Å². The van der Waals surface area contributed by atoms with Crippen LogP contribution in [-0.2, 0) is 5.41 Å². The van der Waals surface area contributed by atoms with Crippen molar-refractivity contribution in [2.45, 2.75) is 26.2 Å². The van der Waals surface area contributed by atoms with Crippen LogP contribution in [0.25, 0.3) is 82.5 Å². The Hall–Kier alpha value is -6.06. The van der Waals surface area contributed by atoms with E-state index in [1.165, 1.54) is 71.0 Å². The summed E-state index contributed by atoms with van der Waals surface area (Å²) in [5.74, 6) is 0. The Kier molecular flexibility index (Phi) is 5.84. The summed E-state index contributed by atoms with van der Waals surface area (Å²) in [5.41, 5.74) is 12.0. The zero-order chi connectivity index (χ0) is 32.9. The lowest BCUT2D eigenvalue weighted by molar-refractivity contribution is 0.591. The number of aromatic nitrogens is 3. The van der Waals surface area contributed by atoms with E-state index in [0.29, 0.717) is 0 Å². The molecule has 49 heavy (non-hydrogen) atoms. The predicted molar refractivity (Wildman–Crippen MR) is 208 cm³/mol. The number of benzene rings is 7. The summed E-state index contributed by atoms with van der Waals surface area (Å²) in [6, 6.07) is 58.1. The van der Waals surface area contributed by atoms with Gasteiger partial charge in [0, 0.05) is 32.3 Å². The molecule has 0 fully saturated rings. The molecule has 3 nitrogen and oxygen atoms in total. The minimum absolute atomic E-state index is 0.0531. The monoisotopic (exact) mass is 629 g/mol. The van der Waals surface area contributed by atoms with Crippen LogP contribution >= 0.6 is 0 Å². The lowest BCUT2D eigenvalue weighted by atomic mass is 9.86. The van der Waals surface area contributed by atoms with Gasteiger partial charge in [-0.05, 0) is 71.6 Å². The predicted octanol–water partition coefficient (Wildman–Crippen LogP) is 12.3. The van der Waals surface area contributed by atoms with Crippen molar-refractivity contribution >= 4 is 65.4 Å². The van der Waals surface area contributed by atoms with Crippen LogP contribution in [0.4, 0.5) is 0 Å². The molecule has 0 bridgehead atoms. The highest BCUT2D eigenvalue weighted by atomic mass is 15.0. The van der Waals surface area contributed by atoms with Gasteiger partial charge in [-0.25, -0.2) is 0 Å². The summed E-state index contributed by atoms with van der Waals surface area (Å²) >= 11 is 0. The number of hydrogen-bond donors (Lipinski definition) is 0. The van der Waals surface area contributed by atoms with Crippen LogP contribution in [-0.4, -0.2) is 13.7 Å². The van der Waals surface area contributed by atoms with E-state index in [0.717, 1.165) is 17.1 Å². The number of rotatable bonds is 3. The second-order valence-corrected chi connectivity index (χ2v) is 14.3. The summed E-state index contributed by atoms with van der Waals surface area (Å²) < 4.78 is 7.35. The number of para-hydroxylation sites is 5. The lowest BCUT2D eigenvalue weighted by Gasteiger charge is -2.19. The first-order valence-corrected chi connectivity index (χ1v) is 17.1. The zero-order valence-corrected chi connectivity index (χ0v) is 27.9. The number of nitrogens with zero attached hydrogens (tertiary/aromatic N) is 3. The van der Waals surface area contributed by atoms with Crippen LogP contribution in [0.2, 0.25) is 0 Å². The van der Waals surface area contributed by atoms with Gasteiger partial charge in [-0.15, -0.1) is 0 Å². The Morgan fingerprint density at radius 2 is 0.592 bits per heavy atom. The molecular weight excluding hydrogens is 595 g/mol. The molecule has 0 amide bonds. The van der Waals surface area contributed by atoms with Crippen LogP contribution in [0.3, 0.4) is 0 Å². The van der Waals surface area contributed by atoms with E-state index >= 15 is 0 Å². The molecule has 3 aromatic heterocycles. The molecule has 3 heterocycles. The van der Waals surface area contributed by atoms with E-state index < -0.39 is 0 Å². The van der Waals surface area contributed by atoms with Gasteiger partial charge >= 0.3 is 0 Å². The third-order valence-corrected chi connectivity index (χ3v) is 10.4. The van der Waals surface area contributed by atoms with Crippen LogP contribution in [0.15, 0.2) is 158 Å². The second kappa shape index (κ2) is 10.2. The maximum absolute atomic E-state index is 2.46. The average Bonchev–Trinajstić information content (AvgIpc) is 3.77. The van der Waals surface area contributed by atoms with Crippen LogP contribution in [0.1, 0.15) is 26.3 Å². The highest BCUT2D eigenvalue weighted by Gasteiger charge is 2.21. The van der Waals surface area contributed by atoms with Crippen LogP contribution in [0, 0.1) is 0 Å². The van der Waals surface area contributed by atoms with Gasteiger partial charge < -0.3 is 13.7 Å². The Morgan fingerprint density at radius 3 is 0.918 bits per heavy atom. The SMILES string of the molecule is CC(C)(C)c1ccc2c(c1)c1ccccc1n2-c1cc(-n2c3ccccc3c3ccccc32)cc(-n2c3ccccc3c3ccccc32)c1. The normalized spacial score (nSPS) is 12.4. The molecule has 0 spiro atoms. The van der Waals surface area contributed by atoms with Gasteiger partial charge in [0.15, 0.2) is 0 Å². The Labute approximate surface area is 284 Å². The van der Waals surface area contributed by atoms with Crippen LogP contribution in [0.5, 0.6) is 0 Å². The molecule has 0 radical (unpaired) electrons. The van der Waals surface area contributed by atoms with E-state index in [1.54, 1.807) is 0 Å². The Morgan fingerprint density at radius 1 is 0.306 bits per heavy atom. The van der Waals surface area contributed by atoms with Crippen molar-refractivity contribution in [3.05, 3.63) is 163 Å². The van der Waals surface area contributed by atoms with Gasteiger partial charge in [0.05, 0.1) is 50.2 Å². The lowest BCUT2D eigenvalue weighted by Crippen LogP contribution is -2.10. The van der Waals surface area contributed by atoms with Crippen molar-refractivity contribution in [3.63, 3.8) is 0 Å². The van der Waals surface area contributed by atoms with E-state index in [9.17, 15) is 0 Å². The number of fused-ring (bicyclic) bond motifs is 9. The molecule has 3 heteroatoms. The minimum atomic E-state index is 0.0531. The molecule has 0 atom stereocenters. The third-order valence-electron chi connectivity index (χ3n) is 10.4. The van der Waals surface area contributed by atoms with Crippen molar-refractivity contribution in [1.29, 1.82) is 0 Å². The maximum atomic E-state index is 2.46. The van der Waals surface area contributed by atoms with Gasteiger partial charge in [-0.3, -0.25) is 0 Å². The summed E-state index contributed by atoms with van der Waals surface area (Å²) in [4.78, 5) is 0. The zero-order valence-electron chi connectivity index (χ0n) is 27.9. The smallest absolute Gasteiger partial charge is 0.0541 e. The fourth-order valence-corrected chi connectivity index (χ4v) is 8.09. The van der Waals surface area contributed by atoms with Gasteiger partial charge in [-0.1, -0.05) is 118 Å².